The summed E-state index contributed by atoms with van der Waals surface area (Å²) in [7, 11) is 3.19. The topological polar surface area (TPSA) is 83.4 Å². The van der Waals surface area contributed by atoms with Crippen molar-refractivity contribution in [2.45, 2.75) is 12.5 Å². The molecule has 0 fully saturated rings. The second-order valence-corrected chi connectivity index (χ2v) is 3.20. The summed E-state index contributed by atoms with van der Waals surface area (Å²) in [6.07, 6.45) is 0.271. The first-order valence-corrected chi connectivity index (χ1v) is 5.10. The molecule has 0 radical (unpaired) electrons. The van der Waals surface area contributed by atoms with Crippen LogP contribution in [0.3, 0.4) is 0 Å². The monoisotopic (exact) mass is 229 g/mol. The molecule has 0 saturated heterocycles. The highest BCUT2D eigenvalue weighted by molar-refractivity contribution is 5.77. The molecule has 1 amide bonds. The van der Waals surface area contributed by atoms with Crippen LogP contribution in [0.25, 0.3) is 0 Å². The Morgan fingerprint density at radius 3 is 2.81 bits per heavy atom. The van der Waals surface area contributed by atoms with E-state index in [1.165, 1.54) is 0 Å². The Labute approximate surface area is 95.9 Å². The van der Waals surface area contributed by atoms with Gasteiger partial charge < -0.3 is 20.1 Å². The number of methoxy groups -OCH3 is 2. The highest BCUT2D eigenvalue weighted by atomic mass is 16.5. The average Bonchev–Trinajstić information content (AvgIpc) is 2.28. The average molecular weight is 229 g/mol. The van der Waals surface area contributed by atoms with Gasteiger partial charge in [-0.3, -0.25) is 4.79 Å². The van der Waals surface area contributed by atoms with Gasteiger partial charge in [0.1, 0.15) is 0 Å². The number of nitrogens with one attached hydrogen (secondary N) is 2. The number of amides is 1. The minimum atomic E-state index is -0.123. The number of hydrogen-bond acceptors (Lipinski definition) is 5. The van der Waals surface area contributed by atoms with Crippen molar-refractivity contribution in [3.8, 4) is 6.07 Å². The van der Waals surface area contributed by atoms with Crippen LogP contribution in [0.15, 0.2) is 0 Å². The zero-order valence-corrected chi connectivity index (χ0v) is 9.78. The van der Waals surface area contributed by atoms with Gasteiger partial charge in [0.2, 0.25) is 5.91 Å². The van der Waals surface area contributed by atoms with E-state index in [0.29, 0.717) is 26.1 Å². The smallest absolute Gasteiger partial charge is 0.233 e. The van der Waals surface area contributed by atoms with E-state index in [2.05, 4.69) is 10.6 Å². The maximum atomic E-state index is 11.2. The van der Waals surface area contributed by atoms with Crippen molar-refractivity contribution in [2.75, 3.05) is 40.5 Å². The molecule has 0 aromatic carbocycles. The molecule has 0 aliphatic heterocycles. The maximum Gasteiger partial charge on any atom is 0.233 e. The molecule has 0 aromatic rings. The fourth-order valence-corrected chi connectivity index (χ4v) is 1.06. The first kappa shape index (κ1) is 14.8. The SMILES string of the molecule is COCC(CNCC(=O)NCCC#N)OC. The third-order valence-corrected chi connectivity index (χ3v) is 1.90. The molecule has 0 aliphatic rings. The number of carbonyl (C=O) groups is 1. The minimum absolute atomic E-state index is 0.0584. The lowest BCUT2D eigenvalue weighted by molar-refractivity contribution is -0.120. The molecule has 0 bridgehead atoms. The molecule has 1 atom stereocenters. The Morgan fingerprint density at radius 2 is 2.25 bits per heavy atom. The van der Waals surface area contributed by atoms with E-state index in [1.54, 1.807) is 14.2 Å². The summed E-state index contributed by atoms with van der Waals surface area (Å²) in [6, 6.07) is 1.95. The van der Waals surface area contributed by atoms with Crippen molar-refractivity contribution in [3.63, 3.8) is 0 Å². The third-order valence-electron chi connectivity index (χ3n) is 1.90. The molecule has 92 valence electrons. The number of ether oxygens (including phenoxy) is 2. The molecule has 6 nitrogen and oxygen atoms in total. The zero-order chi connectivity index (χ0) is 12.2. The van der Waals surface area contributed by atoms with Crippen LogP contribution in [-0.4, -0.2) is 52.5 Å². The lowest BCUT2D eigenvalue weighted by atomic mass is 10.3. The van der Waals surface area contributed by atoms with Gasteiger partial charge in [-0.2, -0.15) is 5.26 Å². The van der Waals surface area contributed by atoms with E-state index >= 15 is 0 Å². The van der Waals surface area contributed by atoms with Crippen molar-refractivity contribution >= 4 is 5.91 Å². The molecule has 1 unspecified atom stereocenters. The summed E-state index contributed by atoms with van der Waals surface area (Å²) < 4.78 is 10.0. The first-order chi connectivity index (χ1) is 7.74. The van der Waals surface area contributed by atoms with Gasteiger partial charge in [-0.25, -0.2) is 0 Å². The van der Waals surface area contributed by atoms with E-state index in [4.69, 9.17) is 14.7 Å². The summed E-state index contributed by atoms with van der Waals surface area (Å²) in [5.74, 6) is -0.123. The fraction of sp³-hybridized carbons (Fsp3) is 0.800. The lowest BCUT2D eigenvalue weighted by Gasteiger charge is -2.14. The van der Waals surface area contributed by atoms with Crippen molar-refractivity contribution < 1.29 is 14.3 Å². The van der Waals surface area contributed by atoms with Crippen molar-refractivity contribution in [1.29, 1.82) is 5.26 Å². The van der Waals surface area contributed by atoms with Crippen LogP contribution in [-0.2, 0) is 14.3 Å². The summed E-state index contributed by atoms with van der Waals surface area (Å²) in [5.41, 5.74) is 0. The Balaban J connectivity index is 3.49. The van der Waals surface area contributed by atoms with Gasteiger partial charge in [0.25, 0.3) is 0 Å². The first-order valence-electron chi connectivity index (χ1n) is 5.10. The largest absolute Gasteiger partial charge is 0.382 e. The second-order valence-electron chi connectivity index (χ2n) is 3.20. The van der Waals surface area contributed by atoms with Crippen LogP contribution in [0.4, 0.5) is 0 Å². The molecule has 2 N–H and O–H groups in total. The van der Waals surface area contributed by atoms with Crippen molar-refractivity contribution in [3.05, 3.63) is 0 Å². The Kier molecular flexibility index (Phi) is 9.61. The number of rotatable bonds is 9. The molecular formula is C10H19N3O3. The fourth-order valence-electron chi connectivity index (χ4n) is 1.06. The number of hydrogen-bond donors (Lipinski definition) is 2. The quantitative estimate of drug-likeness (QED) is 0.509. The molecular weight excluding hydrogens is 210 g/mol. The molecule has 16 heavy (non-hydrogen) atoms. The summed E-state index contributed by atoms with van der Waals surface area (Å²) in [4.78, 5) is 11.2. The highest BCUT2D eigenvalue weighted by Gasteiger charge is 2.07. The van der Waals surface area contributed by atoms with Crippen molar-refractivity contribution in [1.82, 2.24) is 10.6 Å². The van der Waals surface area contributed by atoms with Crippen LogP contribution < -0.4 is 10.6 Å². The minimum Gasteiger partial charge on any atom is -0.382 e. The lowest BCUT2D eigenvalue weighted by Crippen LogP contribution is -2.39. The summed E-state index contributed by atoms with van der Waals surface area (Å²) in [5, 5.41) is 13.8. The van der Waals surface area contributed by atoms with Gasteiger partial charge in [-0.1, -0.05) is 0 Å². The van der Waals surface area contributed by atoms with E-state index in [1.807, 2.05) is 6.07 Å². The summed E-state index contributed by atoms with van der Waals surface area (Å²) >= 11 is 0. The molecule has 6 heteroatoms. The van der Waals surface area contributed by atoms with Crippen LogP contribution >= 0.6 is 0 Å². The predicted octanol–water partition coefficient (Wildman–Crippen LogP) is -0.733. The van der Waals surface area contributed by atoms with Gasteiger partial charge in [0.15, 0.2) is 0 Å². The van der Waals surface area contributed by atoms with Gasteiger partial charge >= 0.3 is 0 Å². The second kappa shape index (κ2) is 10.4. The molecule has 0 spiro atoms. The predicted molar refractivity (Wildman–Crippen MR) is 58.8 cm³/mol. The third kappa shape index (κ3) is 8.17. The van der Waals surface area contributed by atoms with Gasteiger partial charge in [0, 0.05) is 27.3 Å². The molecule has 0 heterocycles. The Hall–Kier alpha value is -1.16. The van der Waals surface area contributed by atoms with Crippen LogP contribution in [0.2, 0.25) is 0 Å². The zero-order valence-electron chi connectivity index (χ0n) is 9.78. The number of nitriles is 1. The Morgan fingerprint density at radius 1 is 1.50 bits per heavy atom. The van der Waals surface area contributed by atoms with Gasteiger partial charge in [-0.15, -0.1) is 0 Å². The molecule has 0 aromatic heterocycles. The van der Waals surface area contributed by atoms with Gasteiger partial charge in [-0.05, 0) is 0 Å². The molecule has 0 rings (SSSR count). The maximum absolute atomic E-state index is 11.2. The van der Waals surface area contributed by atoms with Crippen LogP contribution in [0, 0.1) is 11.3 Å². The highest BCUT2D eigenvalue weighted by Crippen LogP contribution is 1.87. The van der Waals surface area contributed by atoms with E-state index < -0.39 is 0 Å². The summed E-state index contributed by atoms with van der Waals surface area (Å²) in [6.45, 7) is 1.65. The van der Waals surface area contributed by atoms with Gasteiger partial charge in [0.05, 0.1) is 31.7 Å². The molecule has 0 aliphatic carbocycles. The number of carbonyl (C=O) groups excluding carboxylic acids is 1. The Bertz CT molecular complexity index is 228. The van der Waals surface area contributed by atoms with Crippen LogP contribution in [0.1, 0.15) is 6.42 Å². The van der Waals surface area contributed by atoms with E-state index in [9.17, 15) is 4.79 Å². The van der Waals surface area contributed by atoms with Crippen molar-refractivity contribution in [2.24, 2.45) is 0 Å². The number of nitrogens with zero attached hydrogens (tertiary/aromatic N) is 1. The normalized spacial score (nSPS) is 11.8. The van der Waals surface area contributed by atoms with E-state index in [-0.39, 0.29) is 18.6 Å². The van der Waals surface area contributed by atoms with Crippen LogP contribution in [0.5, 0.6) is 0 Å². The van der Waals surface area contributed by atoms with E-state index in [0.717, 1.165) is 0 Å². The molecule has 0 saturated carbocycles. The standard InChI is InChI=1S/C10H19N3O3/c1-15-8-9(16-2)6-12-7-10(14)13-5-3-4-11/h9,12H,3,5-8H2,1-2H3,(H,13,14).